The van der Waals surface area contributed by atoms with E-state index >= 15 is 0 Å². The normalized spacial score (nSPS) is 13.7. The topological polar surface area (TPSA) is 78.9 Å². The molecule has 0 saturated carbocycles. The summed E-state index contributed by atoms with van der Waals surface area (Å²) >= 11 is 0. The lowest BCUT2D eigenvalue weighted by atomic mass is 10.2. The van der Waals surface area contributed by atoms with Crippen molar-refractivity contribution in [2.75, 3.05) is 24.6 Å². The van der Waals surface area contributed by atoms with Crippen molar-refractivity contribution in [1.82, 2.24) is 5.32 Å². The lowest BCUT2D eigenvalue weighted by Gasteiger charge is -2.28. The van der Waals surface area contributed by atoms with Crippen molar-refractivity contribution in [3.05, 3.63) is 18.2 Å². The van der Waals surface area contributed by atoms with Gasteiger partial charge in [0.2, 0.25) is 5.91 Å². The first kappa shape index (κ1) is 13.2. The van der Waals surface area contributed by atoms with Crippen LogP contribution in [0, 0.1) is 0 Å². The Kier molecular flexibility index (Phi) is 3.89. The summed E-state index contributed by atoms with van der Waals surface area (Å²) in [4.78, 5) is 24.9. The second-order valence-electron chi connectivity index (χ2n) is 4.27. The number of nitrogens with zero attached hydrogens (tertiary/aromatic N) is 1. The smallest absolute Gasteiger partial charge is 0.265 e. The van der Waals surface area contributed by atoms with Gasteiger partial charge in [-0.2, -0.15) is 0 Å². The summed E-state index contributed by atoms with van der Waals surface area (Å²) in [5, 5.41) is 12.1. The molecule has 1 aromatic carbocycles. The van der Waals surface area contributed by atoms with E-state index in [1.807, 2.05) is 6.92 Å². The van der Waals surface area contributed by atoms with Gasteiger partial charge in [0.05, 0.1) is 5.69 Å². The number of rotatable bonds is 4. The first-order valence-electron chi connectivity index (χ1n) is 6.14. The molecule has 0 atom stereocenters. The summed E-state index contributed by atoms with van der Waals surface area (Å²) in [5.74, 6) is -0.0210. The Morgan fingerprint density at radius 2 is 2.32 bits per heavy atom. The minimum absolute atomic E-state index is 0.0417. The molecule has 1 aliphatic heterocycles. The van der Waals surface area contributed by atoms with Crippen LogP contribution in [-0.2, 0) is 9.59 Å². The van der Waals surface area contributed by atoms with E-state index in [-0.39, 0.29) is 30.7 Å². The molecular formula is C13H16N2O4. The third-order valence-corrected chi connectivity index (χ3v) is 2.76. The predicted molar refractivity (Wildman–Crippen MR) is 69.3 cm³/mol. The molecule has 102 valence electrons. The first-order chi connectivity index (χ1) is 9.11. The van der Waals surface area contributed by atoms with Crippen LogP contribution in [0.3, 0.4) is 0 Å². The minimum Gasteiger partial charge on any atom is -0.508 e. The summed E-state index contributed by atoms with van der Waals surface area (Å²) in [6.45, 7) is 2.37. The molecule has 6 heteroatoms. The Balaban J connectivity index is 2.16. The molecule has 1 aliphatic rings. The maximum absolute atomic E-state index is 11.8. The molecule has 0 aromatic heterocycles. The number of benzene rings is 1. The SMILES string of the molecule is CCCNC(=O)CN1C(=O)COc2cc(O)ccc21. The zero-order valence-electron chi connectivity index (χ0n) is 10.7. The molecule has 1 aromatic rings. The fourth-order valence-electron chi connectivity index (χ4n) is 1.83. The fraction of sp³-hybridized carbons (Fsp3) is 0.385. The second kappa shape index (κ2) is 5.60. The van der Waals surface area contributed by atoms with E-state index in [0.717, 1.165) is 6.42 Å². The average Bonchev–Trinajstić information content (AvgIpc) is 2.39. The van der Waals surface area contributed by atoms with Crippen molar-refractivity contribution in [3.63, 3.8) is 0 Å². The Labute approximate surface area is 111 Å². The summed E-state index contributed by atoms with van der Waals surface area (Å²) in [7, 11) is 0. The molecule has 6 nitrogen and oxygen atoms in total. The van der Waals surface area contributed by atoms with Gasteiger partial charge in [-0.05, 0) is 18.6 Å². The number of phenolic OH excluding ortho intramolecular Hbond substituents is 1. The number of hydrogen-bond acceptors (Lipinski definition) is 4. The van der Waals surface area contributed by atoms with Crippen LogP contribution >= 0.6 is 0 Å². The van der Waals surface area contributed by atoms with Gasteiger partial charge in [0.25, 0.3) is 5.91 Å². The molecule has 0 bridgehead atoms. The number of fused-ring (bicyclic) bond motifs is 1. The summed E-state index contributed by atoms with van der Waals surface area (Å²) < 4.78 is 5.23. The number of phenols is 1. The summed E-state index contributed by atoms with van der Waals surface area (Å²) in [6, 6.07) is 4.45. The van der Waals surface area contributed by atoms with Crippen LogP contribution in [0.4, 0.5) is 5.69 Å². The monoisotopic (exact) mass is 264 g/mol. The zero-order chi connectivity index (χ0) is 13.8. The number of hydrogen-bond donors (Lipinski definition) is 2. The van der Waals surface area contributed by atoms with Crippen LogP contribution in [-0.4, -0.2) is 36.6 Å². The molecule has 0 unspecified atom stereocenters. The number of carbonyl (C=O) groups excluding carboxylic acids is 2. The van der Waals surface area contributed by atoms with Gasteiger partial charge in [0.15, 0.2) is 6.61 Å². The molecule has 1 heterocycles. The van der Waals surface area contributed by atoms with E-state index in [9.17, 15) is 14.7 Å². The van der Waals surface area contributed by atoms with Crippen LogP contribution in [0.25, 0.3) is 0 Å². The van der Waals surface area contributed by atoms with Crippen molar-refractivity contribution < 1.29 is 19.4 Å². The fourth-order valence-corrected chi connectivity index (χ4v) is 1.83. The van der Waals surface area contributed by atoms with Gasteiger partial charge in [-0.15, -0.1) is 0 Å². The van der Waals surface area contributed by atoms with Crippen molar-refractivity contribution in [3.8, 4) is 11.5 Å². The Bertz CT molecular complexity index is 501. The molecule has 0 aliphatic carbocycles. The van der Waals surface area contributed by atoms with E-state index in [4.69, 9.17) is 4.74 Å². The van der Waals surface area contributed by atoms with Gasteiger partial charge in [0.1, 0.15) is 18.0 Å². The third-order valence-electron chi connectivity index (χ3n) is 2.76. The highest BCUT2D eigenvalue weighted by molar-refractivity contribution is 6.02. The zero-order valence-corrected chi connectivity index (χ0v) is 10.7. The number of carbonyl (C=O) groups is 2. The van der Waals surface area contributed by atoms with E-state index in [1.165, 1.54) is 17.0 Å². The average molecular weight is 264 g/mol. The first-order valence-corrected chi connectivity index (χ1v) is 6.14. The highest BCUT2D eigenvalue weighted by Gasteiger charge is 2.27. The predicted octanol–water partition coefficient (Wildman–Crippen LogP) is 0.644. The van der Waals surface area contributed by atoms with Gasteiger partial charge < -0.3 is 15.2 Å². The van der Waals surface area contributed by atoms with Gasteiger partial charge >= 0.3 is 0 Å². The number of anilines is 1. The quantitative estimate of drug-likeness (QED) is 0.836. The Hall–Kier alpha value is -2.24. The molecular weight excluding hydrogens is 248 g/mol. The summed E-state index contributed by atoms with van der Waals surface area (Å²) in [6.07, 6.45) is 0.841. The molecule has 2 amide bonds. The van der Waals surface area contributed by atoms with Crippen molar-refractivity contribution >= 4 is 17.5 Å². The molecule has 2 N–H and O–H groups in total. The Morgan fingerprint density at radius 3 is 3.05 bits per heavy atom. The lowest BCUT2D eigenvalue weighted by molar-refractivity contribution is -0.125. The standard InChI is InChI=1S/C13H16N2O4/c1-2-5-14-12(17)7-15-10-4-3-9(16)6-11(10)19-8-13(15)18/h3-4,6,16H,2,5,7-8H2,1H3,(H,14,17). The van der Waals surface area contributed by atoms with Gasteiger partial charge in [0, 0.05) is 12.6 Å². The maximum atomic E-state index is 11.8. The molecule has 0 fully saturated rings. The van der Waals surface area contributed by atoms with Gasteiger partial charge in [-0.25, -0.2) is 0 Å². The molecule has 2 rings (SSSR count). The minimum atomic E-state index is -0.273. The molecule has 0 spiro atoms. The van der Waals surface area contributed by atoms with E-state index < -0.39 is 0 Å². The van der Waals surface area contributed by atoms with Crippen LogP contribution in [0.5, 0.6) is 11.5 Å². The number of amides is 2. The van der Waals surface area contributed by atoms with Gasteiger partial charge in [-0.1, -0.05) is 6.92 Å². The van der Waals surface area contributed by atoms with E-state index in [1.54, 1.807) is 6.07 Å². The van der Waals surface area contributed by atoms with Crippen LogP contribution in [0.2, 0.25) is 0 Å². The second-order valence-corrected chi connectivity index (χ2v) is 4.27. The number of nitrogens with one attached hydrogen (secondary N) is 1. The van der Waals surface area contributed by atoms with E-state index in [0.29, 0.717) is 18.0 Å². The number of ether oxygens (including phenoxy) is 1. The Morgan fingerprint density at radius 1 is 1.53 bits per heavy atom. The van der Waals surface area contributed by atoms with Crippen molar-refractivity contribution in [2.24, 2.45) is 0 Å². The van der Waals surface area contributed by atoms with Crippen molar-refractivity contribution in [2.45, 2.75) is 13.3 Å². The molecule has 0 radical (unpaired) electrons. The highest BCUT2D eigenvalue weighted by atomic mass is 16.5. The number of aromatic hydroxyl groups is 1. The molecule has 0 saturated heterocycles. The lowest BCUT2D eigenvalue weighted by Crippen LogP contribution is -2.45. The van der Waals surface area contributed by atoms with Crippen LogP contribution in [0.1, 0.15) is 13.3 Å². The van der Waals surface area contributed by atoms with Crippen LogP contribution in [0.15, 0.2) is 18.2 Å². The highest BCUT2D eigenvalue weighted by Crippen LogP contribution is 2.34. The maximum Gasteiger partial charge on any atom is 0.265 e. The van der Waals surface area contributed by atoms with Gasteiger partial charge in [-0.3, -0.25) is 14.5 Å². The largest absolute Gasteiger partial charge is 0.508 e. The van der Waals surface area contributed by atoms with Crippen LogP contribution < -0.4 is 15.0 Å². The summed E-state index contributed by atoms with van der Waals surface area (Å²) in [5.41, 5.74) is 0.501. The molecule has 19 heavy (non-hydrogen) atoms. The van der Waals surface area contributed by atoms with Crippen molar-refractivity contribution in [1.29, 1.82) is 0 Å². The van der Waals surface area contributed by atoms with E-state index in [2.05, 4.69) is 5.32 Å². The third kappa shape index (κ3) is 2.96.